The molecule has 3 nitrogen and oxygen atoms in total. The van der Waals surface area contributed by atoms with Crippen LogP contribution in [0.25, 0.3) is 11.1 Å². The van der Waals surface area contributed by atoms with E-state index in [4.69, 9.17) is 4.74 Å². The molecule has 0 aliphatic rings. The van der Waals surface area contributed by atoms with Gasteiger partial charge in [-0.3, -0.25) is 0 Å². The van der Waals surface area contributed by atoms with Crippen LogP contribution in [0.2, 0.25) is 0 Å². The summed E-state index contributed by atoms with van der Waals surface area (Å²) in [7, 11) is 0. The van der Waals surface area contributed by atoms with Crippen LogP contribution in [0.3, 0.4) is 0 Å². The summed E-state index contributed by atoms with van der Waals surface area (Å²) in [6.07, 6.45) is 13.2. The van der Waals surface area contributed by atoms with Crippen LogP contribution in [0.1, 0.15) is 98.7 Å². The fraction of sp³-hybridized carbons (Fsp3) is 0.394. The van der Waals surface area contributed by atoms with Gasteiger partial charge in [0, 0.05) is 0 Å². The Morgan fingerprint density at radius 1 is 0.694 bits per heavy atom. The minimum atomic E-state index is -0.452. The van der Waals surface area contributed by atoms with Gasteiger partial charge >= 0.3 is 5.97 Å². The van der Waals surface area contributed by atoms with E-state index in [9.17, 15) is 10.1 Å². The predicted octanol–water partition coefficient (Wildman–Crippen LogP) is 9.08. The molecule has 3 aromatic carbocycles. The summed E-state index contributed by atoms with van der Waals surface area (Å²) in [6, 6.07) is 23.9. The van der Waals surface area contributed by atoms with E-state index in [2.05, 4.69) is 44.2 Å². The molecule has 188 valence electrons. The van der Waals surface area contributed by atoms with Crippen LogP contribution in [0, 0.1) is 11.3 Å². The lowest BCUT2D eigenvalue weighted by atomic mass is 10.00. The van der Waals surface area contributed by atoms with Crippen molar-refractivity contribution in [1.29, 1.82) is 5.26 Å². The average Bonchev–Trinajstić information content (AvgIpc) is 2.92. The Morgan fingerprint density at radius 2 is 1.22 bits per heavy atom. The van der Waals surface area contributed by atoms with E-state index in [1.807, 2.05) is 24.3 Å². The Morgan fingerprint density at radius 3 is 1.83 bits per heavy atom. The maximum Gasteiger partial charge on any atom is 0.343 e. The van der Waals surface area contributed by atoms with Crippen molar-refractivity contribution >= 4 is 5.97 Å². The molecule has 3 aromatic rings. The molecule has 3 rings (SSSR count). The third-order valence-electron chi connectivity index (χ3n) is 6.66. The molecule has 36 heavy (non-hydrogen) atoms. The Bertz CT molecular complexity index is 1120. The number of nitrogens with zero attached hydrogens (tertiary/aromatic N) is 1. The highest BCUT2D eigenvalue weighted by molar-refractivity contribution is 5.92. The van der Waals surface area contributed by atoms with E-state index >= 15 is 0 Å². The fourth-order valence-electron chi connectivity index (χ4n) is 4.42. The number of hydrogen-bond donors (Lipinski definition) is 0. The van der Waals surface area contributed by atoms with Gasteiger partial charge in [-0.2, -0.15) is 5.26 Å². The van der Waals surface area contributed by atoms with Crippen LogP contribution < -0.4 is 4.74 Å². The molecule has 0 heterocycles. The third-order valence-corrected chi connectivity index (χ3v) is 6.66. The third kappa shape index (κ3) is 8.38. The van der Waals surface area contributed by atoms with Crippen molar-refractivity contribution in [2.45, 2.75) is 84.5 Å². The number of nitriles is 1. The van der Waals surface area contributed by atoms with Crippen molar-refractivity contribution < 1.29 is 9.53 Å². The van der Waals surface area contributed by atoms with Crippen molar-refractivity contribution in [3.63, 3.8) is 0 Å². The first-order valence-electron chi connectivity index (χ1n) is 13.6. The van der Waals surface area contributed by atoms with Crippen LogP contribution in [-0.4, -0.2) is 5.97 Å². The molecule has 0 N–H and O–H groups in total. The molecule has 0 spiro atoms. The number of unbranched alkanes of at least 4 members (excludes halogenated alkanes) is 7. The van der Waals surface area contributed by atoms with Crippen LogP contribution in [0.4, 0.5) is 0 Å². The largest absolute Gasteiger partial charge is 0.422 e. The highest BCUT2D eigenvalue weighted by atomic mass is 16.5. The molecular formula is C33H39NO2. The second-order valence-electron chi connectivity index (χ2n) is 9.58. The Balaban J connectivity index is 1.57. The summed E-state index contributed by atoms with van der Waals surface area (Å²) in [4.78, 5) is 12.7. The van der Waals surface area contributed by atoms with Gasteiger partial charge in [0.25, 0.3) is 0 Å². The van der Waals surface area contributed by atoms with E-state index in [0.29, 0.717) is 16.9 Å². The smallest absolute Gasteiger partial charge is 0.343 e. The average molecular weight is 482 g/mol. The van der Waals surface area contributed by atoms with Gasteiger partial charge in [-0.1, -0.05) is 101 Å². The zero-order valence-corrected chi connectivity index (χ0v) is 21.9. The first-order valence-corrected chi connectivity index (χ1v) is 13.6. The Labute approximate surface area is 217 Å². The van der Waals surface area contributed by atoms with Gasteiger partial charge in [0.2, 0.25) is 0 Å². The maximum absolute atomic E-state index is 12.7. The van der Waals surface area contributed by atoms with Gasteiger partial charge in [0.1, 0.15) is 11.8 Å². The van der Waals surface area contributed by atoms with Crippen LogP contribution in [-0.2, 0) is 12.8 Å². The van der Waals surface area contributed by atoms with Crippen LogP contribution in [0.15, 0.2) is 66.7 Å². The summed E-state index contributed by atoms with van der Waals surface area (Å²) in [5, 5.41) is 9.56. The zero-order chi connectivity index (χ0) is 25.6. The van der Waals surface area contributed by atoms with Crippen LogP contribution >= 0.6 is 0 Å². The summed E-state index contributed by atoms with van der Waals surface area (Å²) in [5.74, 6) is -0.138. The van der Waals surface area contributed by atoms with E-state index in [1.54, 1.807) is 18.2 Å². The Kier molecular flexibility index (Phi) is 11.3. The number of ether oxygens (including phenoxy) is 1. The first kappa shape index (κ1) is 27.2. The number of benzene rings is 3. The van der Waals surface area contributed by atoms with Gasteiger partial charge in [-0.15, -0.1) is 0 Å². The van der Waals surface area contributed by atoms with Crippen molar-refractivity contribution in [2.75, 3.05) is 0 Å². The monoisotopic (exact) mass is 481 g/mol. The normalized spacial score (nSPS) is 10.7. The lowest BCUT2D eigenvalue weighted by Crippen LogP contribution is -2.09. The number of carbonyl (C=O) groups is 1. The molecule has 0 atom stereocenters. The molecule has 0 saturated carbocycles. The van der Waals surface area contributed by atoms with Crippen molar-refractivity contribution in [3.8, 4) is 22.9 Å². The number of rotatable bonds is 14. The lowest BCUT2D eigenvalue weighted by Gasteiger charge is -2.09. The van der Waals surface area contributed by atoms with E-state index in [0.717, 1.165) is 36.0 Å². The van der Waals surface area contributed by atoms with Gasteiger partial charge in [0.15, 0.2) is 0 Å². The summed E-state index contributed by atoms with van der Waals surface area (Å²) in [6.45, 7) is 4.44. The van der Waals surface area contributed by atoms with Crippen LogP contribution in [0.5, 0.6) is 5.75 Å². The van der Waals surface area contributed by atoms with Gasteiger partial charge in [-0.05, 0) is 72.2 Å². The lowest BCUT2D eigenvalue weighted by molar-refractivity contribution is 0.0734. The summed E-state index contributed by atoms with van der Waals surface area (Å²) >= 11 is 0. The standard InChI is InChI=1S/C33H39NO2/c1-3-5-7-9-11-12-26-14-17-28(18-15-26)29-19-21-30(22-20-29)33(35)36-32-23-16-27(24-31(32)25-34)13-10-8-6-4-2/h14-24H,3-13H2,1-2H3. The second kappa shape index (κ2) is 14.9. The minimum absolute atomic E-state index is 0.314. The molecule has 0 saturated heterocycles. The second-order valence-corrected chi connectivity index (χ2v) is 9.58. The first-order chi connectivity index (χ1) is 17.6. The molecule has 0 amide bonds. The zero-order valence-electron chi connectivity index (χ0n) is 21.9. The molecular weight excluding hydrogens is 442 g/mol. The topological polar surface area (TPSA) is 50.1 Å². The molecule has 0 unspecified atom stereocenters. The molecule has 0 fully saturated rings. The number of esters is 1. The maximum atomic E-state index is 12.7. The summed E-state index contributed by atoms with van der Waals surface area (Å²) in [5.41, 5.74) is 5.54. The molecule has 0 aliphatic carbocycles. The molecule has 0 aromatic heterocycles. The quantitative estimate of drug-likeness (QED) is 0.131. The number of aryl methyl sites for hydroxylation is 2. The van der Waals surface area contributed by atoms with Gasteiger partial charge in [-0.25, -0.2) is 4.79 Å². The van der Waals surface area contributed by atoms with E-state index < -0.39 is 5.97 Å². The predicted molar refractivity (Wildman–Crippen MR) is 148 cm³/mol. The summed E-state index contributed by atoms with van der Waals surface area (Å²) < 4.78 is 5.58. The van der Waals surface area contributed by atoms with Gasteiger partial charge < -0.3 is 4.74 Å². The Hall–Kier alpha value is -3.38. The molecule has 0 radical (unpaired) electrons. The minimum Gasteiger partial charge on any atom is -0.422 e. The highest BCUT2D eigenvalue weighted by Gasteiger charge is 2.13. The van der Waals surface area contributed by atoms with E-state index in [1.165, 1.54) is 56.9 Å². The highest BCUT2D eigenvalue weighted by Crippen LogP contribution is 2.24. The van der Waals surface area contributed by atoms with E-state index in [-0.39, 0.29) is 0 Å². The van der Waals surface area contributed by atoms with Crippen molar-refractivity contribution in [3.05, 3.63) is 89.0 Å². The molecule has 0 aliphatic heterocycles. The van der Waals surface area contributed by atoms with Crippen molar-refractivity contribution in [1.82, 2.24) is 0 Å². The van der Waals surface area contributed by atoms with Crippen molar-refractivity contribution in [2.24, 2.45) is 0 Å². The molecule has 0 bridgehead atoms. The molecule has 3 heteroatoms. The fourth-order valence-corrected chi connectivity index (χ4v) is 4.42. The SMILES string of the molecule is CCCCCCCc1ccc(-c2ccc(C(=O)Oc3ccc(CCCCCC)cc3C#N)cc2)cc1. The van der Waals surface area contributed by atoms with Gasteiger partial charge in [0.05, 0.1) is 11.1 Å². The number of carbonyl (C=O) groups excluding carboxylic acids is 1. The number of hydrogen-bond acceptors (Lipinski definition) is 3.